The molecule has 0 aliphatic heterocycles. The van der Waals surface area contributed by atoms with E-state index in [9.17, 15) is 13.2 Å². The van der Waals surface area contributed by atoms with Crippen LogP contribution in [0.25, 0.3) is 0 Å². The number of methoxy groups -OCH3 is 1. The van der Waals surface area contributed by atoms with Crippen LogP contribution in [0.15, 0.2) is 48.5 Å². The van der Waals surface area contributed by atoms with Gasteiger partial charge in [-0.25, -0.2) is 8.42 Å². The van der Waals surface area contributed by atoms with Gasteiger partial charge in [0.05, 0.1) is 7.11 Å². The van der Waals surface area contributed by atoms with Gasteiger partial charge in [-0.05, 0) is 53.8 Å². The highest BCUT2D eigenvalue weighted by Crippen LogP contribution is 2.20. The Bertz CT molecular complexity index is 841. The predicted molar refractivity (Wildman–Crippen MR) is 95.7 cm³/mol. The summed E-state index contributed by atoms with van der Waals surface area (Å²) in [6.45, 7) is 6.85. The molecule has 0 bridgehead atoms. The van der Waals surface area contributed by atoms with Crippen molar-refractivity contribution in [2.45, 2.75) is 32.7 Å². The lowest BCUT2D eigenvalue weighted by Gasteiger charge is -2.17. The maximum atomic E-state index is 10.7. The maximum absolute atomic E-state index is 10.7. The molecule has 0 fully saturated rings. The Balaban J connectivity index is 0.000000416. The van der Waals surface area contributed by atoms with E-state index in [0.717, 1.165) is 12.2 Å². The van der Waals surface area contributed by atoms with Crippen LogP contribution in [0.4, 0.5) is 13.2 Å². The third-order valence-electron chi connectivity index (χ3n) is 3.20. The van der Waals surface area contributed by atoms with Gasteiger partial charge in [0.2, 0.25) is 0 Å². The molecule has 0 aliphatic rings. The summed E-state index contributed by atoms with van der Waals surface area (Å²) in [4.78, 5) is 0. The lowest BCUT2D eigenvalue weighted by molar-refractivity contribution is -0.597. The molecule has 0 spiro atoms. The molecule has 9 heteroatoms. The van der Waals surface area contributed by atoms with E-state index >= 15 is 0 Å². The zero-order valence-electron chi connectivity index (χ0n) is 15.9. The minimum Gasteiger partial charge on any atom is -0.741 e. The molecule has 0 aliphatic carbocycles. The van der Waals surface area contributed by atoms with Gasteiger partial charge in [0.1, 0.15) is 5.75 Å². The van der Waals surface area contributed by atoms with E-state index in [2.05, 4.69) is 57.2 Å². The summed E-state index contributed by atoms with van der Waals surface area (Å²) in [5.41, 5.74) is -3.86. The molecule has 0 unspecified atom stereocenters. The van der Waals surface area contributed by atoms with E-state index in [4.69, 9.17) is 17.7 Å². The highest BCUT2D eigenvalue weighted by molar-refractivity contribution is 7.86. The van der Waals surface area contributed by atoms with Crippen LogP contribution in [0.1, 0.15) is 26.3 Å². The highest BCUT2D eigenvalue weighted by Gasteiger charge is 2.36. The van der Waals surface area contributed by atoms with Crippen LogP contribution in [0.2, 0.25) is 0 Å². The number of alkyl halides is 3. The van der Waals surface area contributed by atoms with Crippen LogP contribution in [-0.4, -0.2) is 25.6 Å². The molecule has 0 amide bonds. The van der Waals surface area contributed by atoms with Gasteiger partial charge in [-0.2, -0.15) is 13.2 Å². The Labute approximate surface area is 174 Å². The van der Waals surface area contributed by atoms with Crippen molar-refractivity contribution in [2.75, 3.05) is 7.11 Å². The molecule has 0 saturated carbocycles. The number of rotatable bonds is 4. The molecular weight excluding hydrogens is 508 g/mol. The van der Waals surface area contributed by atoms with E-state index in [1.807, 2.05) is 12.1 Å². The van der Waals surface area contributed by atoms with Crippen LogP contribution in [0.3, 0.4) is 0 Å². The molecule has 28 heavy (non-hydrogen) atoms. The van der Waals surface area contributed by atoms with Crippen molar-refractivity contribution < 1.29 is 52.1 Å². The summed E-state index contributed by atoms with van der Waals surface area (Å²) >= 11 is -0.0918. The second kappa shape index (κ2) is 9.93. The van der Waals surface area contributed by atoms with Gasteiger partial charge in [0.25, 0.3) is 0 Å². The van der Waals surface area contributed by atoms with Gasteiger partial charge in [-0.1, -0.05) is 32.9 Å². The SMILES string of the molecule is COc1ccc([I+]c2ccc(CC(C)(C)C)cc2)cc1.O=S(=O)([O-])C(F)(F)F. The number of hydrogen-bond acceptors (Lipinski definition) is 4. The number of hydrogen-bond donors (Lipinski definition) is 0. The van der Waals surface area contributed by atoms with Gasteiger partial charge in [-0.3, -0.25) is 0 Å². The second-order valence-corrected chi connectivity index (χ2v) is 11.4. The normalized spacial score (nSPS) is 12.1. The van der Waals surface area contributed by atoms with Crippen molar-refractivity contribution in [3.63, 3.8) is 0 Å². The third kappa shape index (κ3) is 9.24. The maximum Gasteiger partial charge on any atom is 0.485 e. The zero-order chi connectivity index (χ0) is 21.6. The summed E-state index contributed by atoms with van der Waals surface area (Å²) in [5, 5.41) is 0. The summed E-state index contributed by atoms with van der Waals surface area (Å²) in [6.07, 6.45) is 1.13. The van der Waals surface area contributed by atoms with E-state index in [-0.39, 0.29) is 21.2 Å². The minimum atomic E-state index is -6.09. The average molecular weight is 530 g/mol. The molecule has 0 saturated heterocycles. The molecule has 0 aromatic heterocycles. The fourth-order valence-corrected chi connectivity index (χ4v) is 4.19. The van der Waals surface area contributed by atoms with Crippen LogP contribution in [0, 0.1) is 12.6 Å². The second-order valence-electron chi connectivity index (χ2n) is 7.02. The molecule has 0 N–H and O–H groups in total. The first-order valence-corrected chi connectivity index (χ1v) is 11.7. The fourth-order valence-electron chi connectivity index (χ4n) is 2.04. The van der Waals surface area contributed by atoms with Gasteiger partial charge in [0.15, 0.2) is 17.3 Å². The lowest BCUT2D eigenvalue weighted by Crippen LogP contribution is -3.61. The van der Waals surface area contributed by atoms with Gasteiger partial charge in [0, 0.05) is 0 Å². The monoisotopic (exact) mass is 530 g/mol. The first-order chi connectivity index (χ1) is 12.7. The van der Waals surface area contributed by atoms with Crippen LogP contribution >= 0.6 is 0 Å². The molecule has 156 valence electrons. The summed E-state index contributed by atoms with van der Waals surface area (Å²) in [7, 11) is -4.38. The van der Waals surface area contributed by atoms with Gasteiger partial charge in [-0.15, -0.1) is 0 Å². The van der Waals surface area contributed by atoms with E-state index in [1.165, 1.54) is 12.7 Å². The molecule has 0 heterocycles. The van der Waals surface area contributed by atoms with Crippen molar-refractivity contribution in [1.29, 1.82) is 0 Å². The van der Waals surface area contributed by atoms with E-state index < -0.39 is 15.6 Å². The number of ether oxygens (including phenoxy) is 1. The summed E-state index contributed by atoms with van der Waals surface area (Å²) in [5.74, 6) is 0.929. The number of halogens is 4. The zero-order valence-corrected chi connectivity index (χ0v) is 18.9. The first kappa shape index (κ1) is 24.7. The Morgan fingerprint density at radius 2 is 1.32 bits per heavy atom. The highest BCUT2D eigenvalue weighted by atomic mass is 127. The molecule has 0 atom stereocenters. The Hall–Kier alpha value is -1.33. The van der Waals surface area contributed by atoms with Crippen LogP contribution in [0.5, 0.6) is 5.75 Å². The third-order valence-corrected chi connectivity index (χ3v) is 6.45. The molecule has 4 nitrogen and oxygen atoms in total. The minimum absolute atomic E-state index is 0.0918. The molecular formula is C19H22F3IO4S. The van der Waals surface area contributed by atoms with E-state index in [1.54, 1.807) is 7.11 Å². The Morgan fingerprint density at radius 1 is 0.929 bits per heavy atom. The van der Waals surface area contributed by atoms with Gasteiger partial charge >= 0.3 is 26.7 Å². The Kier molecular flexibility index (Phi) is 8.76. The molecule has 0 radical (unpaired) electrons. The fraction of sp³-hybridized carbons (Fsp3) is 0.368. The largest absolute Gasteiger partial charge is 0.741 e. The average Bonchev–Trinajstić information content (AvgIpc) is 2.55. The van der Waals surface area contributed by atoms with Crippen molar-refractivity contribution in [3.05, 3.63) is 61.2 Å². The first-order valence-electron chi connectivity index (χ1n) is 8.11. The standard InChI is InChI=1S/C18H22IO.CHF3O3S/c1-18(2,3)13-14-5-7-15(8-6-14)19-16-9-11-17(20-4)12-10-16;2-1(3,4)8(5,6)7/h5-12H,13H2,1-4H3;(H,5,6,7)/q+1;/p-1. The summed E-state index contributed by atoms with van der Waals surface area (Å²) in [6, 6.07) is 17.6. The smallest absolute Gasteiger partial charge is 0.485 e. The number of benzene rings is 2. The van der Waals surface area contributed by atoms with Crippen molar-refractivity contribution in [3.8, 4) is 5.75 Å². The molecule has 2 rings (SSSR count). The van der Waals surface area contributed by atoms with Gasteiger partial charge < -0.3 is 9.29 Å². The lowest BCUT2D eigenvalue weighted by atomic mass is 9.88. The van der Waals surface area contributed by atoms with Crippen molar-refractivity contribution >= 4 is 10.1 Å². The van der Waals surface area contributed by atoms with Crippen LogP contribution in [-0.2, 0) is 16.5 Å². The Morgan fingerprint density at radius 3 is 1.64 bits per heavy atom. The topological polar surface area (TPSA) is 66.4 Å². The quantitative estimate of drug-likeness (QED) is 0.341. The summed E-state index contributed by atoms with van der Waals surface area (Å²) < 4.78 is 67.0. The van der Waals surface area contributed by atoms with Crippen molar-refractivity contribution in [2.24, 2.45) is 5.41 Å². The molecule has 2 aromatic rings. The van der Waals surface area contributed by atoms with E-state index in [0.29, 0.717) is 5.41 Å². The van der Waals surface area contributed by atoms with Crippen LogP contribution < -0.4 is 25.9 Å². The predicted octanol–water partition coefficient (Wildman–Crippen LogP) is 1.46. The molecule has 2 aromatic carbocycles. The van der Waals surface area contributed by atoms with Crippen molar-refractivity contribution in [1.82, 2.24) is 0 Å².